The van der Waals surface area contributed by atoms with E-state index in [0.29, 0.717) is 12.1 Å². The van der Waals surface area contributed by atoms with Crippen molar-refractivity contribution in [3.8, 4) is 0 Å². The highest BCUT2D eigenvalue weighted by Crippen LogP contribution is 2.13. The van der Waals surface area contributed by atoms with Gasteiger partial charge in [0.05, 0.1) is 6.42 Å². The van der Waals surface area contributed by atoms with Gasteiger partial charge < -0.3 is 9.88 Å². The van der Waals surface area contributed by atoms with Gasteiger partial charge in [0.2, 0.25) is 5.91 Å². The summed E-state index contributed by atoms with van der Waals surface area (Å²) in [7, 11) is 2.00. The summed E-state index contributed by atoms with van der Waals surface area (Å²) < 4.78 is 15.1. The maximum atomic E-state index is 13.0. The second-order valence-electron chi connectivity index (χ2n) is 5.04. The van der Waals surface area contributed by atoms with Gasteiger partial charge in [-0.2, -0.15) is 0 Å². The first kappa shape index (κ1) is 14.3. The number of carbonyl (C=O) groups excluding carboxylic acids is 1. The summed E-state index contributed by atoms with van der Waals surface area (Å²) in [6.07, 6.45) is 0.197. The van der Waals surface area contributed by atoms with Crippen LogP contribution in [0.15, 0.2) is 30.3 Å². The standard InChI is InChI=1S/C16H19FN2O/c1-11-7-14(12(2)19(11)3)10-18-16(20)9-13-5-4-6-15(17)8-13/h4-8H,9-10H2,1-3H3,(H,18,20). The number of carbonyl (C=O) groups is 1. The van der Waals surface area contributed by atoms with Crippen LogP contribution in [0.4, 0.5) is 4.39 Å². The first-order valence-corrected chi connectivity index (χ1v) is 6.60. The second kappa shape index (κ2) is 5.90. The zero-order chi connectivity index (χ0) is 14.7. The van der Waals surface area contributed by atoms with Crippen molar-refractivity contribution in [2.24, 2.45) is 7.05 Å². The van der Waals surface area contributed by atoms with Crippen LogP contribution in [0.3, 0.4) is 0 Å². The molecule has 1 aromatic heterocycles. The van der Waals surface area contributed by atoms with Crippen LogP contribution in [0.1, 0.15) is 22.5 Å². The third-order valence-electron chi connectivity index (χ3n) is 3.61. The van der Waals surface area contributed by atoms with E-state index in [-0.39, 0.29) is 18.1 Å². The van der Waals surface area contributed by atoms with E-state index in [1.807, 2.05) is 20.9 Å². The fraction of sp³-hybridized carbons (Fsp3) is 0.312. The van der Waals surface area contributed by atoms with Gasteiger partial charge in [0.15, 0.2) is 0 Å². The molecule has 0 saturated carbocycles. The molecule has 1 aromatic carbocycles. The molecule has 0 aliphatic rings. The SMILES string of the molecule is Cc1cc(CNC(=O)Cc2cccc(F)c2)c(C)n1C. The van der Waals surface area contributed by atoms with E-state index < -0.39 is 0 Å². The number of amides is 1. The van der Waals surface area contributed by atoms with E-state index >= 15 is 0 Å². The Bertz CT molecular complexity index is 631. The minimum absolute atomic E-state index is 0.100. The predicted molar refractivity (Wildman–Crippen MR) is 76.8 cm³/mol. The van der Waals surface area contributed by atoms with Gasteiger partial charge in [0.25, 0.3) is 0 Å². The molecule has 4 heteroatoms. The topological polar surface area (TPSA) is 34.0 Å². The highest BCUT2D eigenvalue weighted by molar-refractivity contribution is 5.78. The molecule has 1 heterocycles. The van der Waals surface area contributed by atoms with E-state index in [2.05, 4.69) is 16.0 Å². The summed E-state index contributed by atoms with van der Waals surface area (Å²) in [6.45, 7) is 4.56. The number of nitrogens with zero attached hydrogens (tertiary/aromatic N) is 1. The Balaban J connectivity index is 1.94. The summed E-state index contributed by atoms with van der Waals surface area (Å²) in [4.78, 5) is 11.9. The number of rotatable bonds is 4. The quantitative estimate of drug-likeness (QED) is 0.913. The van der Waals surface area contributed by atoms with Gasteiger partial charge >= 0.3 is 0 Å². The van der Waals surface area contributed by atoms with Crippen LogP contribution < -0.4 is 5.32 Å². The van der Waals surface area contributed by atoms with Gasteiger partial charge in [0, 0.05) is 25.0 Å². The number of hydrogen-bond donors (Lipinski definition) is 1. The Hall–Kier alpha value is -2.10. The molecule has 1 amide bonds. The molecule has 0 spiro atoms. The first-order chi connectivity index (χ1) is 9.47. The molecule has 2 aromatic rings. The van der Waals surface area contributed by atoms with E-state index in [0.717, 1.165) is 17.0 Å². The summed E-state index contributed by atoms with van der Waals surface area (Å²) >= 11 is 0. The van der Waals surface area contributed by atoms with Crippen molar-refractivity contribution in [2.75, 3.05) is 0 Å². The van der Waals surface area contributed by atoms with Crippen LogP contribution in [0.5, 0.6) is 0 Å². The van der Waals surface area contributed by atoms with Crippen LogP contribution in [-0.2, 0) is 24.8 Å². The molecule has 0 saturated heterocycles. The second-order valence-corrected chi connectivity index (χ2v) is 5.04. The molecule has 0 aliphatic heterocycles. The van der Waals surface area contributed by atoms with Crippen molar-refractivity contribution in [1.82, 2.24) is 9.88 Å². The fourth-order valence-corrected chi connectivity index (χ4v) is 2.20. The molecule has 0 aliphatic carbocycles. The smallest absolute Gasteiger partial charge is 0.224 e. The van der Waals surface area contributed by atoms with Crippen LogP contribution in [-0.4, -0.2) is 10.5 Å². The number of aromatic nitrogens is 1. The third-order valence-corrected chi connectivity index (χ3v) is 3.61. The van der Waals surface area contributed by atoms with Gasteiger partial charge in [0.1, 0.15) is 5.82 Å². The number of hydrogen-bond acceptors (Lipinski definition) is 1. The molecular weight excluding hydrogens is 255 g/mol. The lowest BCUT2D eigenvalue weighted by Crippen LogP contribution is -2.24. The molecule has 0 unspecified atom stereocenters. The van der Waals surface area contributed by atoms with E-state index in [9.17, 15) is 9.18 Å². The summed E-state index contributed by atoms with van der Waals surface area (Å²) in [6, 6.07) is 8.19. The third kappa shape index (κ3) is 3.26. The van der Waals surface area contributed by atoms with Crippen molar-refractivity contribution < 1.29 is 9.18 Å². The van der Waals surface area contributed by atoms with Crippen molar-refractivity contribution in [3.05, 3.63) is 58.7 Å². The molecule has 106 valence electrons. The minimum Gasteiger partial charge on any atom is -0.352 e. The summed E-state index contributed by atoms with van der Waals surface area (Å²) in [5.41, 5.74) is 4.10. The van der Waals surface area contributed by atoms with E-state index in [1.165, 1.54) is 12.1 Å². The molecule has 2 rings (SSSR count). The average Bonchev–Trinajstić information content (AvgIpc) is 2.64. The molecule has 0 radical (unpaired) electrons. The summed E-state index contributed by atoms with van der Waals surface area (Å²) in [5, 5.41) is 2.87. The minimum atomic E-state index is -0.315. The molecule has 3 nitrogen and oxygen atoms in total. The lowest BCUT2D eigenvalue weighted by Gasteiger charge is -2.06. The Morgan fingerprint density at radius 1 is 1.30 bits per heavy atom. The van der Waals surface area contributed by atoms with Crippen molar-refractivity contribution in [3.63, 3.8) is 0 Å². The molecule has 20 heavy (non-hydrogen) atoms. The zero-order valence-corrected chi connectivity index (χ0v) is 12.0. The monoisotopic (exact) mass is 274 g/mol. The Kier molecular flexibility index (Phi) is 4.23. The van der Waals surface area contributed by atoms with E-state index in [4.69, 9.17) is 0 Å². The van der Waals surface area contributed by atoms with E-state index in [1.54, 1.807) is 12.1 Å². The van der Waals surface area contributed by atoms with Gasteiger partial charge in [-0.3, -0.25) is 4.79 Å². The Morgan fingerprint density at radius 3 is 2.65 bits per heavy atom. The van der Waals surface area contributed by atoms with Crippen LogP contribution >= 0.6 is 0 Å². The molecule has 0 bridgehead atoms. The summed E-state index contributed by atoms with van der Waals surface area (Å²) in [5.74, 6) is -0.415. The lowest BCUT2D eigenvalue weighted by molar-refractivity contribution is -0.120. The fourth-order valence-electron chi connectivity index (χ4n) is 2.20. The van der Waals surface area contributed by atoms with Crippen LogP contribution in [0.2, 0.25) is 0 Å². The molecule has 0 fully saturated rings. The average molecular weight is 274 g/mol. The maximum Gasteiger partial charge on any atom is 0.224 e. The zero-order valence-electron chi connectivity index (χ0n) is 12.0. The maximum absolute atomic E-state index is 13.0. The Morgan fingerprint density at radius 2 is 2.05 bits per heavy atom. The van der Waals surface area contributed by atoms with Gasteiger partial charge in [-0.25, -0.2) is 4.39 Å². The first-order valence-electron chi connectivity index (χ1n) is 6.60. The normalized spacial score (nSPS) is 10.6. The highest BCUT2D eigenvalue weighted by Gasteiger charge is 2.08. The van der Waals surface area contributed by atoms with Gasteiger partial charge in [-0.05, 0) is 43.2 Å². The van der Waals surface area contributed by atoms with Gasteiger partial charge in [-0.15, -0.1) is 0 Å². The molecule has 1 N–H and O–H groups in total. The van der Waals surface area contributed by atoms with Gasteiger partial charge in [-0.1, -0.05) is 12.1 Å². The molecular formula is C16H19FN2O. The largest absolute Gasteiger partial charge is 0.352 e. The highest BCUT2D eigenvalue weighted by atomic mass is 19.1. The lowest BCUT2D eigenvalue weighted by atomic mass is 10.1. The number of aryl methyl sites for hydroxylation is 1. The number of halogens is 1. The predicted octanol–water partition coefficient (Wildman–Crippen LogP) is 2.64. The molecule has 0 atom stereocenters. The van der Waals surface area contributed by atoms with Crippen molar-refractivity contribution in [1.29, 1.82) is 0 Å². The number of benzene rings is 1. The van der Waals surface area contributed by atoms with Crippen molar-refractivity contribution in [2.45, 2.75) is 26.8 Å². The van der Waals surface area contributed by atoms with Crippen LogP contribution in [0.25, 0.3) is 0 Å². The van der Waals surface area contributed by atoms with Crippen LogP contribution in [0, 0.1) is 19.7 Å². The number of nitrogens with one attached hydrogen (secondary N) is 1. The van der Waals surface area contributed by atoms with Crippen molar-refractivity contribution >= 4 is 5.91 Å². The Labute approximate surface area is 118 Å².